The molecule has 1 heterocycles. The van der Waals surface area contributed by atoms with Gasteiger partial charge in [0.1, 0.15) is 0 Å². The van der Waals surface area contributed by atoms with Gasteiger partial charge in [0.25, 0.3) is 0 Å². The van der Waals surface area contributed by atoms with Crippen LogP contribution in [-0.2, 0) is 11.2 Å². The summed E-state index contributed by atoms with van der Waals surface area (Å²) in [6, 6.07) is 8.08. The number of benzene rings is 1. The van der Waals surface area contributed by atoms with Crippen LogP contribution in [0.2, 0.25) is 0 Å². The monoisotopic (exact) mass is 232 g/mol. The molecule has 0 fully saturated rings. The standard InChI is InChI=1S/C14H20N2O/c1-2-3-9-16-10-8-15-13-7-5-4-6-12(13)11-14(16)17/h4-7,15H,2-3,8-11H2,1H3. The Hall–Kier alpha value is -1.51. The number of hydrogen-bond donors (Lipinski definition) is 1. The number of unbranched alkanes of at least 4 members (excludes halogenated alkanes) is 1. The van der Waals surface area contributed by atoms with Gasteiger partial charge in [0.2, 0.25) is 5.91 Å². The Kier molecular flexibility index (Phi) is 4.02. The number of hydrogen-bond acceptors (Lipinski definition) is 2. The molecular weight excluding hydrogens is 212 g/mol. The molecule has 1 aromatic rings. The molecule has 1 N–H and O–H groups in total. The highest BCUT2D eigenvalue weighted by Gasteiger charge is 2.17. The van der Waals surface area contributed by atoms with Gasteiger partial charge in [-0.2, -0.15) is 0 Å². The summed E-state index contributed by atoms with van der Waals surface area (Å²) in [5, 5.41) is 3.40. The van der Waals surface area contributed by atoms with Gasteiger partial charge >= 0.3 is 0 Å². The molecule has 1 aliphatic rings. The van der Waals surface area contributed by atoms with Crippen molar-refractivity contribution in [1.29, 1.82) is 0 Å². The van der Waals surface area contributed by atoms with Crippen LogP contribution >= 0.6 is 0 Å². The zero-order chi connectivity index (χ0) is 12.1. The van der Waals surface area contributed by atoms with Gasteiger partial charge in [0.05, 0.1) is 6.42 Å². The lowest BCUT2D eigenvalue weighted by Crippen LogP contribution is -2.38. The van der Waals surface area contributed by atoms with E-state index in [1.54, 1.807) is 0 Å². The van der Waals surface area contributed by atoms with Crippen LogP contribution in [-0.4, -0.2) is 30.4 Å². The molecule has 0 aliphatic carbocycles. The highest BCUT2D eigenvalue weighted by atomic mass is 16.2. The second-order valence-electron chi connectivity index (χ2n) is 4.50. The molecule has 0 radical (unpaired) electrons. The van der Waals surface area contributed by atoms with Crippen LogP contribution in [0.4, 0.5) is 5.69 Å². The molecule has 0 unspecified atom stereocenters. The van der Waals surface area contributed by atoms with E-state index in [1.165, 1.54) is 0 Å². The van der Waals surface area contributed by atoms with Gasteiger partial charge < -0.3 is 10.2 Å². The molecule has 3 heteroatoms. The first-order valence-corrected chi connectivity index (χ1v) is 6.41. The van der Waals surface area contributed by atoms with Crippen molar-refractivity contribution in [3.63, 3.8) is 0 Å². The molecule has 2 rings (SSSR count). The summed E-state index contributed by atoms with van der Waals surface area (Å²) in [6.07, 6.45) is 2.74. The first kappa shape index (κ1) is 12.0. The minimum Gasteiger partial charge on any atom is -0.383 e. The Bertz CT molecular complexity index is 390. The third-order valence-electron chi connectivity index (χ3n) is 3.19. The fraction of sp³-hybridized carbons (Fsp3) is 0.500. The number of fused-ring (bicyclic) bond motifs is 1. The van der Waals surface area contributed by atoms with Crippen LogP contribution in [0.1, 0.15) is 25.3 Å². The van der Waals surface area contributed by atoms with Crippen molar-refractivity contribution in [1.82, 2.24) is 4.90 Å². The molecule has 92 valence electrons. The van der Waals surface area contributed by atoms with Crippen molar-refractivity contribution in [3.8, 4) is 0 Å². The Morgan fingerprint density at radius 2 is 2.18 bits per heavy atom. The first-order chi connectivity index (χ1) is 8.31. The van der Waals surface area contributed by atoms with E-state index < -0.39 is 0 Å². The number of amides is 1. The maximum atomic E-state index is 12.1. The molecule has 3 nitrogen and oxygen atoms in total. The maximum absolute atomic E-state index is 12.1. The van der Waals surface area contributed by atoms with E-state index in [2.05, 4.69) is 12.2 Å². The van der Waals surface area contributed by atoms with Gasteiger partial charge in [-0.25, -0.2) is 0 Å². The summed E-state index contributed by atoms with van der Waals surface area (Å²) in [6.45, 7) is 4.70. The highest BCUT2D eigenvalue weighted by molar-refractivity contribution is 5.81. The Morgan fingerprint density at radius 3 is 3.00 bits per heavy atom. The molecule has 0 aromatic heterocycles. The molecule has 1 aromatic carbocycles. The normalized spacial score (nSPS) is 15.8. The van der Waals surface area contributed by atoms with Gasteiger partial charge in [-0.3, -0.25) is 4.79 Å². The molecule has 0 atom stereocenters. The molecule has 0 saturated carbocycles. The average molecular weight is 232 g/mol. The second kappa shape index (κ2) is 5.71. The molecule has 0 bridgehead atoms. The first-order valence-electron chi connectivity index (χ1n) is 6.41. The lowest BCUT2D eigenvalue weighted by molar-refractivity contribution is -0.130. The van der Waals surface area contributed by atoms with Gasteiger partial charge in [-0.15, -0.1) is 0 Å². The van der Waals surface area contributed by atoms with E-state index in [9.17, 15) is 4.79 Å². The number of anilines is 1. The van der Waals surface area contributed by atoms with Gasteiger partial charge in [0, 0.05) is 25.3 Å². The second-order valence-corrected chi connectivity index (χ2v) is 4.50. The fourth-order valence-corrected chi connectivity index (χ4v) is 2.16. The van der Waals surface area contributed by atoms with Crippen molar-refractivity contribution < 1.29 is 4.79 Å². The van der Waals surface area contributed by atoms with Crippen molar-refractivity contribution in [3.05, 3.63) is 29.8 Å². The third kappa shape index (κ3) is 2.99. The summed E-state index contributed by atoms with van der Waals surface area (Å²) in [7, 11) is 0. The van der Waals surface area contributed by atoms with E-state index >= 15 is 0 Å². The van der Waals surface area contributed by atoms with E-state index in [1.807, 2.05) is 29.2 Å². The van der Waals surface area contributed by atoms with Crippen molar-refractivity contribution in [2.75, 3.05) is 25.0 Å². The molecule has 1 amide bonds. The lowest BCUT2D eigenvalue weighted by atomic mass is 10.1. The largest absolute Gasteiger partial charge is 0.383 e. The number of carbonyl (C=O) groups is 1. The number of carbonyl (C=O) groups excluding carboxylic acids is 1. The van der Waals surface area contributed by atoms with Gasteiger partial charge in [0.15, 0.2) is 0 Å². The molecule has 17 heavy (non-hydrogen) atoms. The van der Waals surface area contributed by atoms with E-state index in [0.29, 0.717) is 6.42 Å². The molecular formula is C14H20N2O. The minimum atomic E-state index is 0.257. The SMILES string of the molecule is CCCCN1CCNc2ccccc2CC1=O. The lowest BCUT2D eigenvalue weighted by Gasteiger charge is -2.26. The number of para-hydroxylation sites is 1. The van der Waals surface area contributed by atoms with E-state index in [-0.39, 0.29) is 5.91 Å². The summed E-state index contributed by atoms with van der Waals surface area (Å²) in [5.74, 6) is 0.257. The van der Waals surface area contributed by atoms with Crippen LogP contribution < -0.4 is 5.32 Å². The van der Waals surface area contributed by atoms with Crippen LogP contribution in [0.3, 0.4) is 0 Å². The minimum absolute atomic E-state index is 0.257. The topological polar surface area (TPSA) is 32.3 Å². The predicted molar refractivity (Wildman–Crippen MR) is 70.1 cm³/mol. The Balaban J connectivity index is 2.09. The van der Waals surface area contributed by atoms with E-state index in [4.69, 9.17) is 0 Å². The zero-order valence-corrected chi connectivity index (χ0v) is 10.4. The number of nitrogens with one attached hydrogen (secondary N) is 1. The zero-order valence-electron chi connectivity index (χ0n) is 10.4. The fourth-order valence-electron chi connectivity index (χ4n) is 2.16. The molecule has 1 aliphatic heterocycles. The van der Waals surface area contributed by atoms with Crippen LogP contribution in [0.15, 0.2) is 24.3 Å². The summed E-state index contributed by atoms with van der Waals surface area (Å²) < 4.78 is 0. The van der Waals surface area contributed by atoms with Crippen LogP contribution in [0.25, 0.3) is 0 Å². The van der Waals surface area contributed by atoms with Crippen molar-refractivity contribution in [2.45, 2.75) is 26.2 Å². The Morgan fingerprint density at radius 1 is 1.35 bits per heavy atom. The third-order valence-corrected chi connectivity index (χ3v) is 3.19. The van der Waals surface area contributed by atoms with Crippen molar-refractivity contribution >= 4 is 11.6 Å². The quantitative estimate of drug-likeness (QED) is 0.867. The summed E-state index contributed by atoms with van der Waals surface area (Å²) >= 11 is 0. The number of rotatable bonds is 3. The van der Waals surface area contributed by atoms with Crippen molar-refractivity contribution in [2.24, 2.45) is 0 Å². The van der Waals surface area contributed by atoms with Crippen LogP contribution in [0, 0.1) is 0 Å². The maximum Gasteiger partial charge on any atom is 0.227 e. The Labute approximate surface area is 103 Å². The smallest absolute Gasteiger partial charge is 0.227 e. The highest BCUT2D eigenvalue weighted by Crippen LogP contribution is 2.18. The predicted octanol–water partition coefficient (Wildman–Crippen LogP) is 2.28. The summed E-state index contributed by atoms with van der Waals surface area (Å²) in [4.78, 5) is 14.1. The van der Waals surface area contributed by atoms with Crippen LogP contribution in [0.5, 0.6) is 0 Å². The summed E-state index contributed by atoms with van der Waals surface area (Å²) in [5.41, 5.74) is 2.22. The molecule has 0 spiro atoms. The van der Waals surface area contributed by atoms with Gasteiger partial charge in [-0.1, -0.05) is 31.5 Å². The molecule has 0 saturated heterocycles. The van der Waals surface area contributed by atoms with Gasteiger partial charge in [-0.05, 0) is 18.1 Å². The number of nitrogens with zero attached hydrogens (tertiary/aromatic N) is 1. The average Bonchev–Trinajstić information content (AvgIpc) is 2.33. The van der Waals surface area contributed by atoms with E-state index in [0.717, 1.165) is 43.7 Å².